The summed E-state index contributed by atoms with van der Waals surface area (Å²) in [4.78, 5) is 14.1. The molecule has 0 aromatic rings. The molecule has 0 aromatic carbocycles. The Morgan fingerprint density at radius 2 is 2.06 bits per heavy atom. The highest BCUT2D eigenvalue weighted by Gasteiger charge is 2.35. The molecule has 1 heterocycles. The van der Waals surface area contributed by atoms with E-state index in [1.165, 1.54) is 0 Å². The zero-order valence-corrected chi connectivity index (χ0v) is 11.9. The van der Waals surface area contributed by atoms with Gasteiger partial charge in [-0.1, -0.05) is 13.3 Å². The average molecular weight is 257 g/mol. The Labute approximate surface area is 110 Å². The van der Waals surface area contributed by atoms with Gasteiger partial charge in [0.2, 0.25) is 5.91 Å². The standard InChI is InChI=1S/C13H27N3O2/c1-4-5-11(14)12(17)15-10-13(16(2)3)6-8-18-9-7-13/h11H,4-10,14H2,1-3H3,(H,15,17). The predicted octanol–water partition coefficient (Wildman–Crippen LogP) is 0.341. The molecule has 1 atom stereocenters. The van der Waals surface area contributed by atoms with Gasteiger partial charge in [0.15, 0.2) is 0 Å². The molecule has 5 nitrogen and oxygen atoms in total. The number of nitrogens with one attached hydrogen (secondary N) is 1. The van der Waals surface area contributed by atoms with E-state index in [4.69, 9.17) is 10.5 Å². The number of rotatable bonds is 6. The highest BCUT2D eigenvalue weighted by Crippen LogP contribution is 2.25. The van der Waals surface area contributed by atoms with Gasteiger partial charge < -0.3 is 20.7 Å². The number of hydrogen-bond acceptors (Lipinski definition) is 4. The van der Waals surface area contributed by atoms with Crippen molar-refractivity contribution >= 4 is 5.91 Å². The molecule has 1 amide bonds. The number of likely N-dealkylation sites (N-methyl/N-ethyl adjacent to an activating group) is 1. The SMILES string of the molecule is CCCC(N)C(=O)NCC1(N(C)C)CCOCC1. The van der Waals surface area contributed by atoms with Crippen LogP contribution < -0.4 is 11.1 Å². The van der Waals surface area contributed by atoms with Crippen LogP contribution in [0.3, 0.4) is 0 Å². The molecule has 1 aliphatic heterocycles. The number of nitrogens with zero attached hydrogens (tertiary/aromatic N) is 1. The van der Waals surface area contributed by atoms with E-state index in [1.54, 1.807) is 0 Å². The van der Waals surface area contributed by atoms with Crippen LogP contribution in [0.15, 0.2) is 0 Å². The summed E-state index contributed by atoms with van der Waals surface area (Å²) in [5.41, 5.74) is 5.83. The second kappa shape index (κ2) is 7.07. The van der Waals surface area contributed by atoms with Gasteiger partial charge in [0.25, 0.3) is 0 Å². The lowest BCUT2D eigenvalue weighted by atomic mass is 9.88. The van der Waals surface area contributed by atoms with Gasteiger partial charge in [-0.2, -0.15) is 0 Å². The molecule has 5 heteroatoms. The van der Waals surface area contributed by atoms with E-state index >= 15 is 0 Å². The first-order valence-electron chi connectivity index (χ1n) is 6.80. The maximum absolute atomic E-state index is 11.9. The van der Waals surface area contributed by atoms with Crippen molar-refractivity contribution in [2.75, 3.05) is 33.9 Å². The number of amides is 1. The van der Waals surface area contributed by atoms with Gasteiger partial charge in [-0.15, -0.1) is 0 Å². The third-order valence-corrected chi connectivity index (χ3v) is 3.90. The molecular weight excluding hydrogens is 230 g/mol. The molecular formula is C13H27N3O2. The van der Waals surface area contributed by atoms with E-state index in [-0.39, 0.29) is 17.5 Å². The summed E-state index contributed by atoms with van der Waals surface area (Å²) < 4.78 is 5.40. The monoisotopic (exact) mass is 257 g/mol. The van der Waals surface area contributed by atoms with E-state index < -0.39 is 0 Å². The molecule has 0 aliphatic carbocycles. The first-order chi connectivity index (χ1) is 8.52. The first kappa shape index (κ1) is 15.4. The van der Waals surface area contributed by atoms with Gasteiger partial charge in [0.05, 0.1) is 6.04 Å². The number of carbonyl (C=O) groups is 1. The van der Waals surface area contributed by atoms with Crippen LogP contribution in [0.2, 0.25) is 0 Å². The van der Waals surface area contributed by atoms with Crippen molar-refractivity contribution in [2.45, 2.75) is 44.2 Å². The molecule has 1 rings (SSSR count). The summed E-state index contributed by atoms with van der Waals surface area (Å²) in [7, 11) is 4.12. The van der Waals surface area contributed by atoms with Crippen LogP contribution in [0.4, 0.5) is 0 Å². The zero-order valence-electron chi connectivity index (χ0n) is 11.9. The van der Waals surface area contributed by atoms with E-state index in [0.717, 1.165) is 38.9 Å². The number of nitrogens with two attached hydrogens (primary N) is 1. The molecule has 0 saturated carbocycles. The summed E-state index contributed by atoms with van der Waals surface area (Å²) in [5, 5.41) is 3.00. The van der Waals surface area contributed by atoms with Gasteiger partial charge in [0, 0.05) is 25.3 Å². The lowest BCUT2D eigenvalue weighted by molar-refractivity contribution is -0.123. The highest BCUT2D eigenvalue weighted by molar-refractivity contribution is 5.81. The van der Waals surface area contributed by atoms with E-state index in [0.29, 0.717) is 6.54 Å². The smallest absolute Gasteiger partial charge is 0.236 e. The molecule has 3 N–H and O–H groups in total. The molecule has 106 valence electrons. The van der Waals surface area contributed by atoms with Crippen LogP contribution >= 0.6 is 0 Å². The van der Waals surface area contributed by atoms with E-state index in [1.807, 2.05) is 6.92 Å². The van der Waals surface area contributed by atoms with Crippen LogP contribution in [-0.2, 0) is 9.53 Å². The molecule has 1 saturated heterocycles. The molecule has 0 aromatic heterocycles. The fraction of sp³-hybridized carbons (Fsp3) is 0.923. The Bertz CT molecular complexity index is 263. The Balaban J connectivity index is 2.49. The number of hydrogen-bond donors (Lipinski definition) is 2. The fourth-order valence-electron chi connectivity index (χ4n) is 2.36. The number of ether oxygens (including phenoxy) is 1. The maximum atomic E-state index is 11.9. The quantitative estimate of drug-likeness (QED) is 0.720. The van der Waals surface area contributed by atoms with Gasteiger partial charge in [-0.25, -0.2) is 0 Å². The van der Waals surface area contributed by atoms with Crippen molar-refractivity contribution in [1.29, 1.82) is 0 Å². The highest BCUT2D eigenvalue weighted by atomic mass is 16.5. The van der Waals surface area contributed by atoms with Crippen LogP contribution in [-0.4, -0.2) is 56.2 Å². The van der Waals surface area contributed by atoms with Crippen molar-refractivity contribution in [3.05, 3.63) is 0 Å². The van der Waals surface area contributed by atoms with E-state index in [2.05, 4.69) is 24.3 Å². The normalized spacial score (nSPS) is 20.7. The lowest BCUT2D eigenvalue weighted by Gasteiger charge is -2.43. The topological polar surface area (TPSA) is 67.6 Å². The van der Waals surface area contributed by atoms with Gasteiger partial charge in [-0.05, 0) is 33.4 Å². The van der Waals surface area contributed by atoms with Crippen molar-refractivity contribution in [3.8, 4) is 0 Å². The Morgan fingerprint density at radius 3 is 2.56 bits per heavy atom. The summed E-state index contributed by atoms with van der Waals surface area (Å²) in [6.07, 6.45) is 3.57. The second-order valence-electron chi connectivity index (χ2n) is 5.34. The molecule has 0 spiro atoms. The largest absolute Gasteiger partial charge is 0.381 e. The predicted molar refractivity (Wildman–Crippen MR) is 72.4 cm³/mol. The summed E-state index contributed by atoms with van der Waals surface area (Å²) >= 11 is 0. The van der Waals surface area contributed by atoms with Crippen LogP contribution in [0.25, 0.3) is 0 Å². The molecule has 0 bridgehead atoms. The third kappa shape index (κ3) is 3.93. The van der Waals surface area contributed by atoms with Crippen molar-refractivity contribution in [1.82, 2.24) is 10.2 Å². The fourth-order valence-corrected chi connectivity index (χ4v) is 2.36. The Kier molecular flexibility index (Phi) is 6.05. The van der Waals surface area contributed by atoms with Gasteiger partial charge >= 0.3 is 0 Å². The van der Waals surface area contributed by atoms with Crippen molar-refractivity contribution < 1.29 is 9.53 Å². The van der Waals surface area contributed by atoms with Crippen LogP contribution in [0.5, 0.6) is 0 Å². The van der Waals surface area contributed by atoms with Crippen molar-refractivity contribution in [2.24, 2.45) is 5.73 Å². The first-order valence-corrected chi connectivity index (χ1v) is 6.80. The van der Waals surface area contributed by atoms with Crippen LogP contribution in [0, 0.1) is 0 Å². The Hall–Kier alpha value is -0.650. The summed E-state index contributed by atoms with van der Waals surface area (Å²) in [6.45, 7) is 4.21. The van der Waals surface area contributed by atoms with E-state index in [9.17, 15) is 4.79 Å². The zero-order chi connectivity index (χ0) is 13.6. The third-order valence-electron chi connectivity index (χ3n) is 3.90. The minimum Gasteiger partial charge on any atom is -0.381 e. The van der Waals surface area contributed by atoms with Crippen LogP contribution in [0.1, 0.15) is 32.6 Å². The molecule has 1 unspecified atom stereocenters. The minimum atomic E-state index is -0.381. The maximum Gasteiger partial charge on any atom is 0.236 e. The molecule has 0 radical (unpaired) electrons. The summed E-state index contributed by atoms with van der Waals surface area (Å²) in [5.74, 6) is -0.0374. The lowest BCUT2D eigenvalue weighted by Crippen LogP contribution is -2.57. The van der Waals surface area contributed by atoms with Crippen molar-refractivity contribution in [3.63, 3.8) is 0 Å². The minimum absolute atomic E-state index is 0.0137. The van der Waals surface area contributed by atoms with Gasteiger partial charge in [0.1, 0.15) is 0 Å². The molecule has 1 fully saturated rings. The van der Waals surface area contributed by atoms with Gasteiger partial charge in [-0.3, -0.25) is 4.79 Å². The average Bonchev–Trinajstić information content (AvgIpc) is 2.37. The Morgan fingerprint density at radius 1 is 1.44 bits per heavy atom. The number of carbonyl (C=O) groups excluding carboxylic acids is 1. The molecule has 1 aliphatic rings. The second-order valence-corrected chi connectivity index (χ2v) is 5.34. The summed E-state index contributed by atoms with van der Waals surface area (Å²) in [6, 6.07) is -0.381. The molecule has 18 heavy (non-hydrogen) atoms.